The van der Waals surface area contributed by atoms with Gasteiger partial charge in [0, 0.05) is 10.1 Å². The molecule has 2 amide bonds. The van der Waals surface area contributed by atoms with Crippen molar-refractivity contribution in [3.8, 4) is 0 Å². The Morgan fingerprint density at radius 3 is 2.11 bits per heavy atom. The van der Waals surface area contributed by atoms with Gasteiger partial charge in [-0.3, -0.25) is 9.59 Å². The molecular formula is C22H19IN2O2. The van der Waals surface area contributed by atoms with Crippen molar-refractivity contribution < 1.29 is 9.59 Å². The number of halogens is 1. The van der Waals surface area contributed by atoms with Crippen LogP contribution in [0.4, 0.5) is 5.69 Å². The standard InChI is InChI=1S/C22H19IN2O2/c23-19-12-6-4-10-17(19)22(27)25-20-13-7-5-11-18(20)21(26)24-15-14-16-8-2-1-3-9-16/h1-13H,14-15H2,(H,24,26)(H,25,27). The van der Waals surface area contributed by atoms with Gasteiger partial charge in [0.05, 0.1) is 16.8 Å². The van der Waals surface area contributed by atoms with Gasteiger partial charge in [-0.1, -0.05) is 54.6 Å². The Morgan fingerprint density at radius 1 is 0.741 bits per heavy atom. The second-order valence-corrected chi connectivity index (χ2v) is 7.13. The SMILES string of the molecule is O=C(Nc1ccccc1C(=O)NCCc1ccccc1)c1ccccc1I. The molecule has 27 heavy (non-hydrogen) atoms. The van der Waals surface area contributed by atoms with Crippen molar-refractivity contribution in [3.05, 3.63) is 99.1 Å². The first-order valence-electron chi connectivity index (χ1n) is 8.62. The molecular weight excluding hydrogens is 451 g/mol. The highest BCUT2D eigenvalue weighted by molar-refractivity contribution is 14.1. The van der Waals surface area contributed by atoms with Crippen LogP contribution in [0.15, 0.2) is 78.9 Å². The van der Waals surface area contributed by atoms with E-state index in [0.29, 0.717) is 23.4 Å². The highest BCUT2D eigenvalue weighted by Gasteiger charge is 2.15. The Bertz CT molecular complexity index is 942. The Labute approximate surface area is 172 Å². The molecule has 0 fully saturated rings. The average Bonchev–Trinajstić information content (AvgIpc) is 2.69. The van der Waals surface area contributed by atoms with Crippen LogP contribution < -0.4 is 10.6 Å². The van der Waals surface area contributed by atoms with E-state index in [4.69, 9.17) is 0 Å². The molecule has 3 aromatic rings. The first-order valence-corrected chi connectivity index (χ1v) is 9.70. The van der Waals surface area contributed by atoms with Gasteiger partial charge in [0.25, 0.3) is 11.8 Å². The summed E-state index contributed by atoms with van der Waals surface area (Å²) in [5, 5.41) is 5.77. The fourth-order valence-corrected chi connectivity index (χ4v) is 3.32. The molecule has 0 spiro atoms. The molecule has 0 saturated carbocycles. The highest BCUT2D eigenvalue weighted by Crippen LogP contribution is 2.18. The Balaban J connectivity index is 1.67. The fraction of sp³-hybridized carbons (Fsp3) is 0.0909. The summed E-state index contributed by atoms with van der Waals surface area (Å²) in [5.41, 5.74) is 2.69. The van der Waals surface area contributed by atoms with E-state index in [1.54, 1.807) is 30.3 Å². The van der Waals surface area contributed by atoms with E-state index < -0.39 is 0 Å². The van der Waals surface area contributed by atoms with Gasteiger partial charge in [-0.15, -0.1) is 0 Å². The van der Waals surface area contributed by atoms with E-state index in [9.17, 15) is 9.59 Å². The predicted molar refractivity (Wildman–Crippen MR) is 116 cm³/mol. The van der Waals surface area contributed by atoms with Crippen LogP contribution in [-0.2, 0) is 6.42 Å². The number of nitrogens with one attached hydrogen (secondary N) is 2. The molecule has 5 heteroatoms. The number of carbonyl (C=O) groups excluding carboxylic acids is 2. The van der Waals surface area contributed by atoms with Crippen LogP contribution in [0.25, 0.3) is 0 Å². The van der Waals surface area contributed by atoms with Gasteiger partial charge in [0.15, 0.2) is 0 Å². The number of anilines is 1. The summed E-state index contributed by atoms with van der Waals surface area (Å²) in [7, 11) is 0. The lowest BCUT2D eigenvalue weighted by Gasteiger charge is -2.12. The van der Waals surface area contributed by atoms with Crippen LogP contribution in [0, 0.1) is 3.57 Å². The summed E-state index contributed by atoms with van der Waals surface area (Å²) in [6.07, 6.45) is 0.753. The third-order valence-corrected chi connectivity index (χ3v) is 5.02. The molecule has 0 heterocycles. The van der Waals surface area contributed by atoms with E-state index >= 15 is 0 Å². The van der Waals surface area contributed by atoms with E-state index in [2.05, 4.69) is 33.2 Å². The molecule has 0 saturated heterocycles. The van der Waals surface area contributed by atoms with Crippen molar-refractivity contribution in [2.45, 2.75) is 6.42 Å². The zero-order valence-corrected chi connectivity index (χ0v) is 16.8. The molecule has 136 valence electrons. The number of hydrogen-bond acceptors (Lipinski definition) is 2. The largest absolute Gasteiger partial charge is 0.352 e. The topological polar surface area (TPSA) is 58.2 Å². The number of rotatable bonds is 6. The maximum atomic E-state index is 12.6. The van der Waals surface area contributed by atoms with Gasteiger partial charge in [0.1, 0.15) is 0 Å². The maximum Gasteiger partial charge on any atom is 0.256 e. The molecule has 0 unspecified atom stereocenters. The summed E-state index contributed by atoms with van der Waals surface area (Å²) in [4.78, 5) is 25.1. The van der Waals surface area contributed by atoms with Crippen molar-refractivity contribution in [2.24, 2.45) is 0 Å². The number of benzene rings is 3. The first kappa shape index (κ1) is 19.1. The molecule has 0 aromatic heterocycles. The van der Waals surface area contributed by atoms with Crippen LogP contribution >= 0.6 is 22.6 Å². The molecule has 0 aliphatic carbocycles. The Kier molecular flexibility index (Phi) is 6.59. The minimum Gasteiger partial charge on any atom is -0.352 e. The van der Waals surface area contributed by atoms with Gasteiger partial charge < -0.3 is 10.6 Å². The first-order chi connectivity index (χ1) is 13.1. The molecule has 0 bridgehead atoms. The summed E-state index contributed by atoms with van der Waals surface area (Å²) in [6.45, 7) is 0.529. The molecule has 3 aromatic carbocycles. The number of hydrogen-bond donors (Lipinski definition) is 2. The van der Waals surface area contributed by atoms with Crippen LogP contribution in [-0.4, -0.2) is 18.4 Å². The molecule has 0 radical (unpaired) electrons. The van der Waals surface area contributed by atoms with E-state index in [0.717, 1.165) is 15.6 Å². The lowest BCUT2D eigenvalue weighted by Crippen LogP contribution is -2.27. The fourth-order valence-electron chi connectivity index (χ4n) is 2.69. The van der Waals surface area contributed by atoms with E-state index in [1.807, 2.05) is 48.5 Å². The van der Waals surface area contributed by atoms with Gasteiger partial charge in [0.2, 0.25) is 0 Å². The van der Waals surface area contributed by atoms with Crippen molar-refractivity contribution >= 4 is 40.1 Å². The number of para-hydroxylation sites is 1. The van der Waals surface area contributed by atoms with Gasteiger partial charge >= 0.3 is 0 Å². The third kappa shape index (κ3) is 5.17. The van der Waals surface area contributed by atoms with Crippen LogP contribution in [0.1, 0.15) is 26.3 Å². The monoisotopic (exact) mass is 470 g/mol. The van der Waals surface area contributed by atoms with Gasteiger partial charge in [-0.2, -0.15) is 0 Å². The lowest BCUT2D eigenvalue weighted by atomic mass is 10.1. The summed E-state index contributed by atoms with van der Waals surface area (Å²) < 4.78 is 0.859. The zero-order chi connectivity index (χ0) is 19.1. The zero-order valence-electron chi connectivity index (χ0n) is 14.6. The normalized spacial score (nSPS) is 10.3. The minimum atomic E-state index is -0.232. The minimum absolute atomic E-state index is 0.204. The molecule has 4 nitrogen and oxygen atoms in total. The maximum absolute atomic E-state index is 12.6. The Hall–Kier alpha value is -2.67. The average molecular weight is 470 g/mol. The number of amides is 2. The van der Waals surface area contributed by atoms with Gasteiger partial charge in [-0.25, -0.2) is 0 Å². The molecule has 2 N–H and O–H groups in total. The Morgan fingerprint density at radius 2 is 1.37 bits per heavy atom. The third-order valence-electron chi connectivity index (χ3n) is 4.08. The van der Waals surface area contributed by atoms with E-state index in [1.165, 1.54) is 0 Å². The summed E-state index contributed by atoms with van der Waals surface area (Å²) >= 11 is 2.12. The van der Waals surface area contributed by atoms with Crippen molar-refractivity contribution in [2.75, 3.05) is 11.9 Å². The lowest BCUT2D eigenvalue weighted by molar-refractivity contribution is 0.0955. The van der Waals surface area contributed by atoms with Crippen molar-refractivity contribution in [1.29, 1.82) is 0 Å². The molecule has 0 atom stereocenters. The summed E-state index contributed by atoms with van der Waals surface area (Å²) in [5.74, 6) is -0.436. The van der Waals surface area contributed by atoms with Crippen LogP contribution in [0.3, 0.4) is 0 Å². The molecule has 0 aliphatic heterocycles. The van der Waals surface area contributed by atoms with Crippen molar-refractivity contribution in [1.82, 2.24) is 5.32 Å². The second kappa shape index (κ2) is 9.32. The summed E-state index contributed by atoms with van der Waals surface area (Å²) in [6, 6.07) is 24.4. The smallest absolute Gasteiger partial charge is 0.256 e. The van der Waals surface area contributed by atoms with Crippen LogP contribution in [0.2, 0.25) is 0 Å². The molecule has 0 aliphatic rings. The highest BCUT2D eigenvalue weighted by atomic mass is 127. The second-order valence-electron chi connectivity index (χ2n) is 5.97. The number of carbonyl (C=O) groups is 2. The quantitative estimate of drug-likeness (QED) is 0.521. The predicted octanol–water partition coefficient (Wildman–Crippen LogP) is 4.52. The van der Waals surface area contributed by atoms with Crippen molar-refractivity contribution in [3.63, 3.8) is 0 Å². The van der Waals surface area contributed by atoms with Crippen LogP contribution in [0.5, 0.6) is 0 Å². The van der Waals surface area contributed by atoms with E-state index in [-0.39, 0.29) is 11.8 Å². The molecule has 3 rings (SSSR count). The van der Waals surface area contributed by atoms with Gasteiger partial charge in [-0.05, 0) is 58.8 Å².